The lowest BCUT2D eigenvalue weighted by Crippen LogP contribution is -2.26. The molecule has 6 nitrogen and oxygen atoms in total. The Morgan fingerprint density at radius 3 is 2.76 bits per heavy atom. The zero-order chi connectivity index (χ0) is 15.6. The quantitative estimate of drug-likeness (QED) is 0.814. The molecule has 0 aliphatic heterocycles. The summed E-state index contributed by atoms with van der Waals surface area (Å²) in [6, 6.07) is 2.93. The highest BCUT2D eigenvalue weighted by Gasteiger charge is 2.18. The second-order valence-electron chi connectivity index (χ2n) is 4.81. The van der Waals surface area contributed by atoms with Crippen LogP contribution in [-0.2, 0) is 23.5 Å². The zero-order valence-electron chi connectivity index (χ0n) is 11.8. The largest absolute Gasteiger partial charge is 0.397 e. The summed E-state index contributed by atoms with van der Waals surface area (Å²) in [4.78, 5) is 0.149. The van der Waals surface area contributed by atoms with Crippen molar-refractivity contribution in [1.82, 2.24) is 14.5 Å². The molecule has 0 fully saturated rings. The highest BCUT2D eigenvalue weighted by Crippen LogP contribution is 2.26. The maximum atomic E-state index is 12.3. The molecule has 2 aromatic rings. The number of halogens is 1. The lowest BCUT2D eigenvalue weighted by Gasteiger charge is -2.10. The highest BCUT2D eigenvalue weighted by atomic mass is 35.5. The van der Waals surface area contributed by atoms with Gasteiger partial charge in [0.25, 0.3) is 0 Å². The molecular weight excluding hydrogens is 312 g/mol. The Labute approximate surface area is 129 Å². The molecule has 0 aliphatic carbocycles. The molecule has 21 heavy (non-hydrogen) atoms. The van der Waals surface area contributed by atoms with E-state index in [0.29, 0.717) is 17.0 Å². The number of hydrogen-bond acceptors (Lipinski definition) is 4. The Bertz CT molecular complexity index is 756. The summed E-state index contributed by atoms with van der Waals surface area (Å²) in [6.45, 7) is 1.97. The van der Waals surface area contributed by atoms with Gasteiger partial charge >= 0.3 is 0 Å². The number of sulfonamides is 1. The Balaban J connectivity index is 2.10. The first-order valence-corrected chi connectivity index (χ1v) is 8.18. The number of nitrogens with two attached hydrogens (primary N) is 1. The van der Waals surface area contributed by atoms with E-state index in [-0.39, 0.29) is 17.1 Å². The lowest BCUT2D eigenvalue weighted by atomic mass is 10.2. The average Bonchev–Trinajstić information content (AvgIpc) is 2.79. The van der Waals surface area contributed by atoms with Crippen molar-refractivity contribution in [2.45, 2.75) is 18.2 Å². The molecule has 2 rings (SSSR count). The fourth-order valence-electron chi connectivity index (χ4n) is 1.97. The van der Waals surface area contributed by atoms with Crippen molar-refractivity contribution in [3.63, 3.8) is 0 Å². The molecule has 0 bridgehead atoms. The van der Waals surface area contributed by atoms with Crippen molar-refractivity contribution >= 4 is 27.3 Å². The number of rotatable bonds is 5. The molecule has 0 spiro atoms. The number of benzene rings is 1. The third-order valence-corrected chi connectivity index (χ3v) is 4.98. The van der Waals surface area contributed by atoms with E-state index in [2.05, 4.69) is 9.82 Å². The second kappa shape index (κ2) is 6.05. The van der Waals surface area contributed by atoms with Crippen molar-refractivity contribution in [3.8, 4) is 0 Å². The SMILES string of the molecule is Cc1cc(Cl)c(N)cc1S(=O)(=O)NCCc1cnn(C)c1. The van der Waals surface area contributed by atoms with Crippen LogP contribution in [0.25, 0.3) is 0 Å². The molecule has 114 valence electrons. The van der Waals surface area contributed by atoms with Gasteiger partial charge in [0.05, 0.1) is 21.8 Å². The van der Waals surface area contributed by atoms with Crippen LogP contribution in [0, 0.1) is 6.92 Å². The number of anilines is 1. The summed E-state index contributed by atoms with van der Waals surface area (Å²) >= 11 is 5.87. The van der Waals surface area contributed by atoms with Crippen LogP contribution < -0.4 is 10.5 Å². The minimum atomic E-state index is -3.61. The fourth-order valence-corrected chi connectivity index (χ4v) is 3.48. The van der Waals surface area contributed by atoms with E-state index in [1.165, 1.54) is 6.07 Å². The van der Waals surface area contributed by atoms with Gasteiger partial charge in [-0.15, -0.1) is 0 Å². The maximum absolute atomic E-state index is 12.3. The van der Waals surface area contributed by atoms with Gasteiger partial charge in [-0.25, -0.2) is 13.1 Å². The molecular formula is C13H17ClN4O2S. The molecule has 0 unspecified atom stereocenters. The van der Waals surface area contributed by atoms with Gasteiger partial charge in [0.15, 0.2) is 0 Å². The summed E-state index contributed by atoms with van der Waals surface area (Å²) in [7, 11) is -1.80. The Hall–Kier alpha value is -1.57. The van der Waals surface area contributed by atoms with Crippen molar-refractivity contribution in [2.75, 3.05) is 12.3 Å². The van der Waals surface area contributed by atoms with Crippen LogP contribution >= 0.6 is 11.6 Å². The minimum Gasteiger partial charge on any atom is -0.397 e. The number of nitrogens with zero attached hydrogens (tertiary/aromatic N) is 2. The molecule has 1 aromatic carbocycles. The standard InChI is InChI=1S/C13H17ClN4O2S/c1-9-5-11(14)12(15)6-13(9)21(19,20)17-4-3-10-7-16-18(2)8-10/h5-8,17H,3-4,15H2,1-2H3. The second-order valence-corrected chi connectivity index (χ2v) is 6.95. The molecule has 1 heterocycles. The zero-order valence-corrected chi connectivity index (χ0v) is 13.4. The first-order valence-electron chi connectivity index (χ1n) is 6.32. The third-order valence-electron chi connectivity index (χ3n) is 3.05. The predicted molar refractivity (Wildman–Crippen MR) is 82.7 cm³/mol. The molecule has 0 saturated carbocycles. The predicted octanol–water partition coefficient (Wildman–Crippen LogP) is 1.49. The number of nitrogens with one attached hydrogen (secondary N) is 1. The molecule has 0 saturated heterocycles. The molecule has 0 atom stereocenters. The van der Waals surface area contributed by atoms with Crippen molar-refractivity contribution in [3.05, 3.63) is 40.7 Å². The topological polar surface area (TPSA) is 90.0 Å². The van der Waals surface area contributed by atoms with Crippen LogP contribution in [0.4, 0.5) is 5.69 Å². The van der Waals surface area contributed by atoms with E-state index < -0.39 is 10.0 Å². The van der Waals surface area contributed by atoms with Crippen LogP contribution in [0.15, 0.2) is 29.4 Å². The van der Waals surface area contributed by atoms with Gasteiger partial charge in [-0.2, -0.15) is 5.10 Å². The van der Waals surface area contributed by atoms with Gasteiger partial charge in [0, 0.05) is 19.8 Å². The van der Waals surface area contributed by atoms with Gasteiger partial charge in [-0.1, -0.05) is 11.6 Å². The molecule has 0 amide bonds. The van der Waals surface area contributed by atoms with Crippen LogP contribution in [0.5, 0.6) is 0 Å². The summed E-state index contributed by atoms with van der Waals surface area (Å²) in [6.07, 6.45) is 4.12. The van der Waals surface area contributed by atoms with E-state index in [1.54, 1.807) is 23.9 Å². The van der Waals surface area contributed by atoms with Gasteiger partial charge in [0.2, 0.25) is 10.0 Å². The van der Waals surface area contributed by atoms with E-state index in [1.807, 2.05) is 13.2 Å². The summed E-state index contributed by atoms with van der Waals surface area (Å²) < 4.78 is 28.8. The Morgan fingerprint density at radius 2 is 2.14 bits per heavy atom. The number of nitrogen functional groups attached to an aromatic ring is 1. The monoisotopic (exact) mass is 328 g/mol. The molecule has 0 aliphatic rings. The van der Waals surface area contributed by atoms with E-state index in [4.69, 9.17) is 17.3 Å². The van der Waals surface area contributed by atoms with Crippen molar-refractivity contribution in [2.24, 2.45) is 7.05 Å². The minimum absolute atomic E-state index is 0.149. The Kier molecular flexibility index (Phi) is 4.55. The first-order chi connectivity index (χ1) is 9.79. The fraction of sp³-hybridized carbons (Fsp3) is 0.308. The molecule has 3 N–H and O–H groups in total. The summed E-state index contributed by atoms with van der Waals surface area (Å²) in [5.41, 5.74) is 7.44. The third kappa shape index (κ3) is 3.75. The average molecular weight is 329 g/mol. The van der Waals surface area contributed by atoms with Crippen LogP contribution in [0.1, 0.15) is 11.1 Å². The van der Waals surface area contributed by atoms with E-state index in [9.17, 15) is 8.42 Å². The van der Waals surface area contributed by atoms with Crippen LogP contribution in [0.2, 0.25) is 5.02 Å². The highest BCUT2D eigenvalue weighted by molar-refractivity contribution is 7.89. The number of aromatic nitrogens is 2. The van der Waals surface area contributed by atoms with Gasteiger partial charge in [-0.05, 0) is 36.6 Å². The first kappa shape index (κ1) is 15.8. The molecule has 0 radical (unpaired) electrons. The van der Waals surface area contributed by atoms with Gasteiger partial charge < -0.3 is 5.73 Å². The van der Waals surface area contributed by atoms with E-state index >= 15 is 0 Å². The van der Waals surface area contributed by atoms with Gasteiger partial charge in [-0.3, -0.25) is 4.68 Å². The normalized spacial score (nSPS) is 11.8. The number of aryl methyl sites for hydroxylation is 2. The molecule has 1 aromatic heterocycles. The van der Waals surface area contributed by atoms with E-state index in [0.717, 1.165) is 5.56 Å². The van der Waals surface area contributed by atoms with Crippen molar-refractivity contribution in [1.29, 1.82) is 0 Å². The summed E-state index contributed by atoms with van der Waals surface area (Å²) in [5, 5.41) is 4.38. The maximum Gasteiger partial charge on any atom is 0.240 e. The molecule has 8 heteroatoms. The number of hydrogen-bond donors (Lipinski definition) is 2. The van der Waals surface area contributed by atoms with Crippen molar-refractivity contribution < 1.29 is 8.42 Å². The lowest BCUT2D eigenvalue weighted by molar-refractivity contribution is 0.581. The Morgan fingerprint density at radius 1 is 1.43 bits per heavy atom. The summed E-state index contributed by atoms with van der Waals surface area (Å²) in [5.74, 6) is 0. The van der Waals surface area contributed by atoms with Crippen LogP contribution in [0.3, 0.4) is 0 Å². The van der Waals surface area contributed by atoms with Gasteiger partial charge in [0.1, 0.15) is 0 Å². The smallest absolute Gasteiger partial charge is 0.240 e. The van der Waals surface area contributed by atoms with Crippen LogP contribution in [-0.4, -0.2) is 24.7 Å².